The molecule has 1 N–H and O–H groups in total. The fourth-order valence-electron chi connectivity index (χ4n) is 5.00. The van der Waals surface area contributed by atoms with Crippen molar-refractivity contribution in [1.29, 1.82) is 0 Å². The summed E-state index contributed by atoms with van der Waals surface area (Å²) in [6, 6.07) is 13.2. The monoisotopic (exact) mass is 483 g/mol. The molecule has 2 amide bonds. The van der Waals surface area contributed by atoms with Crippen LogP contribution < -0.4 is 10.2 Å². The Kier molecular flexibility index (Phi) is 7.09. The van der Waals surface area contributed by atoms with Gasteiger partial charge in [0.15, 0.2) is 0 Å². The third-order valence-corrected chi connectivity index (χ3v) is 8.69. The van der Waals surface area contributed by atoms with E-state index >= 15 is 0 Å². The van der Waals surface area contributed by atoms with Gasteiger partial charge in [0.25, 0.3) is 0 Å². The van der Waals surface area contributed by atoms with E-state index in [4.69, 9.17) is 0 Å². The molecule has 182 valence electrons. The van der Waals surface area contributed by atoms with Crippen LogP contribution in [-0.2, 0) is 32.5 Å². The minimum absolute atomic E-state index is 0.00780. The summed E-state index contributed by atoms with van der Waals surface area (Å²) < 4.78 is 28.2. The summed E-state index contributed by atoms with van der Waals surface area (Å²) in [5, 5.41) is 2.98. The van der Waals surface area contributed by atoms with E-state index in [2.05, 4.69) is 29.6 Å². The lowest BCUT2D eigenvalue weighted by molar-refractivity contribution is -0.126. The van der Waals surface area contributed by atoms with Gasteiger partial charge < -0.3 is 10.2 Å². The zero-order valence-corrected chi connectivity index (χ0v) is 20.9. The fraction of sp³-hybridized carbons (Fsp3) is 0.462. The lowest BCUT2D eigenvalue weighted by atomic mass is 9.98. The summed E-state index contributed by atoms with van der Waals surface area (Å²) in [7, 11) is -3.72. The van der Waals surface area contributed by atoms with Gasteiger partial charge >= 0.3 is 0 Å². The lowest BCUT2D eigenvalue weighted by Crippen LogP contribution is -2.45. The minimum Gasteiger partial charge on any atom is -0.355 e. The number of fused-ring (bicyclic) bond motifs is 1. The molecule has 2 aliphatic rings. The van der Waals surface area contributed by atoms with Gasteiger partial charge in [-0.2, -0.15) is 4.31 Å². The van der Waals surface area contributed by atoms with E-state index in [9.17, 15) is 18.0 Å². The molecular weight excluding hydrogens is 450 g/mol. The van der Waals surface area contributed by atoms with E-state index < -0.39 is 10.0 Å². The van der Waals surface area contributed by atoms with Crippen molar-refractivity contribution in [2.75, 3.05) is 24.5 Å². The van der Waals surface area contributed by atoms with Crippen molar-refractivity contribution in [2.24, 2.45) is 5.92 Å². The molecule has 0 radical (unpaired) electrons. The van der Waals surface area contributed by atoms with Crippen LogP contribution in [0, 0.1) is 12.8 Å². The Balaban J connectivity index is 1.40. The maximum absolute atomic E-state index is 13.4. The number of rotatable bonds is 6. The van der Waals surface area contributed by atoms with Gasteiger partial charge in [0.1, 0.15) is 0 Å². The first-order valence-electron chi connectivity index (χ1n) is 11.9. The number of hydrogen-bond acceptors (Lipinski definition) is 4. The normalized spacial score (nSPS) is 20.7. The van der Waals surface area contributed by atoms with Gasteiger partial charge in [0.2, 0.25) is 21.8 Å². The van der Waals surface area contributed by atoms with Crippen LogP contribution in [0.1, 0.15) is 43.4 Å². The highest BCUT2D eigenvalue weighted by atomic mass is 32.2. The van der Waals surface area contributed by atoms with Gasteiger partial charge in [-0.3, -0.25) is 9.59 Å². The molecule has 4 rings (SSSR count). The molecular formula is C26H33N3O4S. The van der Waals surface area contributed by atoms with Crippen LogP contribution in [-0.4, -0.2) is 50.2 Å². The second-order valence-electron chi connectivity index (χ2n) is 9.46. The van der Waals surface area contributed by atoms with Crippen LogP contribution in [0.3, 0.4) is 0 Å². The number of carbonyl (C=O) groups is 2. The van der Waals surface area contributed by atoms with Crippen LogP contribution in [0.5, 0.6) is 0 Å². The van der Waals surface area contributed by atoms with Gasteiger partial charge in [-0.1, -0.05) is 29.8 Å². The third kappa shape index (κ3) is 5.03. The average Bonchev–Trinajstić information content (AvgIpc) is 3.15. The number of nitrogens with zero attached hydrogens (tertiary/aromatic N) is 2. The van der Waals surface area contributed by atoms with Crippen molar-refractivity contribution in [2.45, 2.75) is 57.4 Å². The summed E-state index contributed by atoms with van der Waals surface area (Å²) in [6.07, 6.45) is 2.70. The Bertz CT molecular complexity index is 1180. The molecule has 0 aromatic heterocycles. The molecule has 2 aromatic rings. The molecule has 0 aliphatic carbocycles. The Morgan fingerprint density at radius 3 is 2.56 bits per heavy atom. The highest BCUT2D eigenvalue weighted by Gasteiger charge is 2.35. The number of amides is 2. The number of anilines is 1. The topological polar surface area (TPSA) is 86.8 Å². The second kappa shape index (κ2) is 9.88. The van der Waals surface area contributed by atoms with Crippen molar-refractivity contribution in [3.05, 3.63) is 59.2 Å². The van der Waals surface area contributed by atoms with E-state index in [-0.39, 0.29) is 35.2 Å². The molecule has 1 saturated heterocycles. The van der Waals surface area contributed by atoms with Crippen LogP contribution in [0.15, 0.2) is 47.4 Å². The summed E-state index contributed by atoms with van der Waals surface area (Å²) in [4.78, 5) is 26.7. The average molecular weight is 484 g/mol. The van der Waals surface area contributed by atoms with Crippen LogP contribution in [0.25, 0.3) is 0 Å². The molecule has 1 fully saturated rings. The fourth-order valence-corrected chi connectivity index (χ4v) is 6.58. The summed E-state index contributed by atoms with van der Waals surface area (Å²) in [5.74, 6) is -0.495. The first-order valence-corrected chi connectivity index (χ1v) is 13.4. The first kappa shape index (κ1) is 24.4. The number of carbonyl (C=O) groups excluding carboxylic acids is 2. The molecule has 0 saturated carbocycles. The molecule has 2 atom stereocenters. The molecule has 2 heterocycles. The predicted octanol–water partition coefficient (Wildman–Crippen LogP) is 3.05. The maximum Gasteiger partial charge on any atom is 0.243 e. The molecule has 0 unspecified atom stereocenters. The number of aryl methyl sites for hydroxylation is 1. The van der Waals surface area contributed by atoms with Crippen molar-refractivity contribution in [3.63, 3.8) is 0 Å². The van der Waals surface area contributed by atoms with Crippen molar-refractivity contribution < 1.29 is 18.0 Å². The van der Waals surface area contributed by atoms with E-state index in [1.165, 1.54) is 16.8 Å². The number of nitrogens with one attached hydrogen (secondary N) is 1. The molecule has 0 spiro atoms. The molecule has 2 aromatic carbocycles. The molecule has 7 nitrogen and oxygen atoms in total. The number of hydrogen-bond donors (Lipinski definition) is 1. The Labute approximate surface area is 202 Å². The third-order valence-electron chi connectivity index (χ3n) is 6.83. The van der Waals surface area contributed by atoms with E-state index in [0.29, 0.717) is 32.4 Å². The Morgan fingerprint density at radius 1 is 1.12 bits per heavy atom. The highest BCUT2D eigenvalue weighted by molar-refractivity contribution is 7.89. The summed E-state index contributed by atoms with van der Waals surface area (Å²) in [6.45, 7) is 6.64. The molecule has 8 heteroatoms. The van der Waals surface area contributed by atoms with Gasteiger partial charge in [-0.15, -0.1) is 0 Å². The van der Waals surface area contributed by atoms with Crippen molar-refractivity contribution in [3.8, 4) is 0 Å². The quantitative estimate of drug-likeness (QED) is 0.684. The van der Waals surface area contributed by atoms with E-state index in [0.717, 1.165) is 23.2 Å². The standard InChI is InChI=1S/C26H33N3O4S/c1-18-6-8-21(9-7-18)12-13-27-26(31)22-5-4-14-28(17-22)34(32,33)24-10-11-25-23(16-24)15-19(2)29(25)20(3)30/h6-11,16,19,22H,4-5,12-15,17H2,1-3H3,(H,27,31)/t19-,22-/m1/s1. The Hall–Kier alpha value is -2.71. The van der Waals surface area contributed by atoms with E-state index in [1.807, 2.05) is 13.8 Å². The van der Waals surface area contributed by atoms with Crippen molar-refractivity contribution >= 4 is 27.5 Å². The smallest absolute Gasteiger partial charge is 0.243 e. The predicted molar refractivity (Wildman–Crippen MR) is 132 cm³/mol. The number of benzene rings is 2. The largest absolute Gasteiger partial charge is 0.355 e. The van der Waals surface area contributed by atoms with E-state index in [1.54, 1.807) is 23.1 Å². The first-order chi connectivity index (χ1) is 16.2. The van der Waals surface area contributed by atoms with Gasteiger partial charge in [-0.05, 0) is 68.9 Å². The minimum atomic E-state index is -3.72. The molecule has 34 heavy (non-hydrogen) atoms. The number of piperidine rings is 1. The van der Waals surface area contributed by atoms with Crippen LogP contribution >= 0.6 is 0 Å². The van der Waals surface area contributed by atoms with Gasteiger partial charge in [0, 0.05) is 38.3 Å². The lowest BCUT2D eigenvalue weighted by Gasteiger charge is -2.31. The molecule has 0 bridgehead atoms. The molecule has 2 aliphatic heterocycles. The van der Waals surface area contributed by atoms with Gasteiger partial charge in [-0.25, -0.2) is 8.42 Å². The van der Waals surface area contributed by atoms with Crippen molar-refractivity contribution in [1.82, 2.24) is 9.62 Å². The van der Waals surface area contributed by atoms with Crippen LogP contribution in [0.2, 0.25) is 0 Å². The zero-order chi connectivity index (χ0) is 24.5. The number of sulfonamides is 1. The second-order valence-corrected chi connectivity index (χ2v) is 11.4. The summed E-state index contributed by atoms with van der Waals surface area (Å²) in [5.41, 5.74) is 4.01. The SMILES string of the molecule is CC(=O)N1c2ccc(S(=O)(=O)N3CCC[C@@H](C(=O)NCCc4ccc(C)cc4)C3)cc2C[C@H]1C. The van der Waals surface area contributed by atoms with Gasteiger partial charge in [0.05, 0.1) is 10.8 Å². The van der Waals surface area contributed by atoms with Crippen LogP contribution in [0.4, 0.5) is 5.69 Å². The Morgan fingerprint density at radius 2 is 1.85 bits per heavy atom. The summed E-state index contributed by atoms with van der Waals surface area (Å²) >= 11 is 0. The zero-order valence-electron chi connectivity index (χ0n) is 20.1. The highest BCUT2D eigenvalue weighted by Crippen LogP contribution is 2.35. The maximum atomic E-state index is 13.4.